The molecule has 0 amide bonds. The van der Waals surface area contributed by atoms with Gasteiger partial charge in [0.2, 0.25) is 0 Å². The molecule has 1 aliphatic carbocycles. The summed E-state index contributed by atoms with van der Waals surface area (Å²) in [5.74, 6) is 1.04. The number of ketones is 2. The molecule has 0 N–H and O–H groups in total. The zero-order valence-corrected chi connectivity index (χ0v) is 18.1. The van der Waals surface area contributed by atoms with Crippen LogP contribution in [0.25, 0.3) is 0 Å². The Labute approximate surface area is 188 Å². The van der Waals surface area contributed by atoms with E-state index in [1.54, 1.807) is 48.5 Å². The summed E-state index contributed by atoms with van der Waals surface area (Å²) < 4.78 is 5.65. The molecular weight excluding hydrogens is 408 g/mol. The summed E-state index contributed by atoms with van der Waals surface area (Å²) in [5.41, 5.74) is 3.12. The topological polar surface area (TPSA) is 43.4 Å². The van der Waals surface area contributed by atoms with Gasteiger partial charge in [-0.1, -0.05) is 55.1 Å². The van der Waals surface area contributed by atoms with Crippen molar-refractivity contribution in [3.8, 4) is 5.75 Å². The zero-order valence-electron chi connectivity index (χ0n) is 17.4. The molecule has 1 saturated carbocycles. The number of halogens is 1. The highest BCUT2D eigenvalue weighted by atomic mass is 35.5. The van der Waals surface area contributed by atoms with Crippen LogP contribution in [0.15, 0.2) is 72.8 Å². The third-order valence-electron chi connectivity index (χ3n) is 5.90. The second-order valence-electron chi connectivity index (χ2n) is 8.03. The zero-order chi connectivity index (χ0) is 21.6. The third kappa shape index (κ3) is 5.42. The van der Waals surface area contributed by atoms with E-state index in [-0.39, 0.29) is 18.2 Å². The molecule has 0 aromatic heterocycles. The quantitative estimate of drug-likeness (QED) is 0.382. The van der Waals surface area contributed by atoms with Gasteiger partial charge in [-0.25, -0.2) is 0 Å². The number of hydrogen-bond acceptors (Lipinski definition) is 3. The average Bonchev–Trinajstić information content (AvgIpc) is 2.83. The van der Waals surface area contributed by atoms with Crippen LogP contribution in [-0.4, -0.2) is 18.2 Å². The molecule has 1 aliphatic rings. The van der Waals surface area contributed by atoms with E-state index in [0.29, 0.717) is 33.4 Å². The second-order valence-corrected chi connectivity index (χ2v) is 8.47. The predicted octanol–water partition coefficient (Wildman–Crippen LogP) is 6.88. The van der Waals surface area contributed by atoms with E-state index in [1.807, 2.05) is 12.1 Å². The van der Waals surface area contributed by atoms with Gasteiger partial charge in [-0.05, 0) is 72.9 Å². The fourth-order valence-electron chi connectivity index (χ4n) is 4.08. The van der Waals surface area contributed by atoms with Gasteiger partial charge in [-0.3, -0.25) is 9.59 Å². The Morgan fingerprint density at radius 3 is 1.90 bits per heavy atom. The molecule has 0 radical (unpaired) electrons. The first-order valence-corrected chi connectivity index (χ1v) is 11.1. The summed E-state index contributed by atoms with van der Waals surface area (Å²) in [6, 6.07) is 21.6. The van der Waals surface area contributed by atoms with Crippen molar-refractivity contribution in [3.05, 3.63) is 100 Å². The lowest BCUT2D eigenvalue weighted by molar-refractivity contribution is 0.0920. The molecule has 0 saturated heterocycles. The number of hydrogen-bond donors (Lipinski definition) is 0. The van der Waals surface area contributed by atoms with Crippen LogP contribution < -0.4 is 4.74 Å². The maximum atomic E-state index is 12.5. The van der Waals surface area contributed by atoms with Gasteiger partial charge in [0.25, 0.3) is 0 Å². The fourth-order valence-corrected chi connectivity index (χ4v) is 4.21. The van der Waals surface area contributed by atoms with E-state index in [1.165, 1.54) is 37.7 Å². The summed E-state index contributed by atoms with van der Waals surface area (Å²) in [6.07, 6.45) is 6.41. The normalized spacial score (nSPS) is 14.2. The lowest BCUT2D eigenvalue weighted by Crippen LogP contribution is -2.12. The van der Waals surface area contributed by atoms with Crippen molar-refractivity contribution in [1.29, 1.82) is 0 Å². The van der Waals surface area contributed by atoms with Crippen molar-refractivity contribution >= 4 is 23.2 Å². The number of benzene rings is 3. The van der Waals surface area contributed by atoms with Gasteiger partial charge in [-0.2, -0.15) is 0 Å². The lowest BCUT2D eigenvalue weighted by atomic mass is 9.84. The molecular formula is C27H25ClO3. The van der Waals surface area contributed by atoms with Crippen molar-refractivity contribution in [3.63, 3.8) is 0 Å². The maximum absolute atomic E-state index is 12.5. The second kappa shape index (κ2) is 9.93. The van der Waals surface area contributed by atoms with Crippen molar-refractivity contribution in [2.45, 2.75) is 38.0 Å². The van der Waals surface area contributed by atoms with Crippen LogP contribution >= 0.6 is 11.6 Å². The van der Waals surface area contributed by atoms with Crippen LogP contribution in [0.5, 0.6) is 5.75 Å². The largest absolute Gasteiger partial charge is 0.485 e. The standard InChI is InChI=1S/C27H25ClO3/c28-24-14-10-22(11-15-24)27(30)23-12-16-25(17-13-23)31-18-26(29)21-8-6-20(7-9-21)19-4-2-1-3-5-19/h6-17,19H,1-5,18H2. The van der Waals surface area contributed by atoms with Crippen molar-refractivity contribution in [2.24, 2.45) is 0 Å². The molecule has 4 rings (SSSR count). The molecule has 3 aromatic carbocycles. The van der Waals surface area contributed by atoms with Gasteiger partial charge in [-0.15, -0.1) is 0 Å². The Kier molecular flexibility index (Phi) is 6.83. The third-order valence-corrected chi connectivity index (χ3v) is 6.15. The Balaban J connectivity index is 1.33. The van der Waals surface area contributed by atoms with Crippen LogP contribution in [0.4, 0.5) is 0 Å². The summed E-state index contributed by atoms with van der Waals surface area (Å²) in [4.78, 5) is 25.0. The van der Waals surface area contributed by atoms with E-state index in [0.717, 1.165) is 0 Å². The van der Waals surface area contributed by atoms with Crippen molar-refractivity contribution < 1.29 is 14.3 Å². The maximum Gasteiger partial charge on any atom is 0.200 e. The number of carbonyl (C=O) groups is 2. The molecule has 0 heterocycles. The van der Waals surface area contributed by atoms with Gasteiger partial charge in [0.05, 0.1) is 0 Å². The molecule has 31 heavy (non-hydrogen) atoms. The van der Waals surface area contributed by atoms with E-state index < -0.39 is 0 Å². The number of rotatable bonds is 7. The summed E-state index contributed by atoms with van der Waals surface area (Å²) in [5, 5.41) is 0.591. The summed E-state index contributed by atoms with van der Waals surface area (Å²) in [6.45, 7) is -0.0345. The Hall–Kier alpha value is -2.91. The average molecular weight is 433 g/mol. The Morgan fingerprint density at radius 1 is 0.742 bits per heavy atom. The monoisotopic (exact) mass is 432 g/mol. The molecule has 0 unspecified atom stereocenters. The molecule has 3 nitrogen and oxygen atoms in total. The van der Waals surface area contributed by atoms with Crippen LogP contribution in [0, 0.1) is 0 Å². The summed E-state index contributed by atoms with van der Waals surface area (Å²) in [7, 11) is 0. The highest BCUT2D eigenvalue weighted by Crippen LogP contribution is 2.32. The first-order valence-electron chi connectivity index (χ1n) is 10.8. The first-order chi connectivity index (χ1) is 15.1. The van der Waals surface area contributed by atoms with E-state index in [2.05, 4.69) is 12.1 Å². The van der Waals surface area contributed by atoms with E-state index >= 15 is 0 Å². The first kappa shape index (κ1) is 21.3. The predicted molar refractivity (Wildman–Crippen MR) is 123 cm³/mol. The Bertz CT molecular complexity index is 1030. The number of ether oxygens (including phenoxy) is 1. The smallest absolute Gasteiger partial charge is 0.200 e. The van der Waals surface area contributed by atoms with Crippen LogP contribution in [0.3, 0.4) is 0 Å². The Morgan fingerprint density at radius 2 is 1.29 bits per heavy atom. The van der Waals surface area contributed by atoms with Crippen LogP contribution in [-0.2, 0) is 0 Å². The minimum Gasteiger partial charge on any atom is -0.485 e. The highest BCUT2D eigenvalue weighted by Gasteiger charge is 2.16. The number of carbonyl (C=O) groups excluding carboxylic acids is 2. The summed E-state index contributed by atoms with van der Waals surface area (Å²) >= 11 is 5.88. The van der Waals surface area contributed by atoms with Gasteiger partial charge in [0.15, 0.2) is 18.2 Å². The van der Waals surface area contributed by atoms with Gasteiger partial charge >= 0.3 is 0 Å². The lowest BCUT2D eigenvalue weighted by Gasteiger charge is -2.22. The van der Waals surface area contributed by atoms with E-state index in [9.17, 15) is 9.59 Å². The highest BCUT2D eigenvalue weighted by molar-refractivity contribution is 6.30. The molecule has 0 bridgehead atoms. The molecule has 158 valence electrons. The molecule has 3 aromatic rings. The fraction of sp³-hybridized carbons (Fsp3) is 0.259. The van der Waals surface area contributed by atoms with E-state index in [4.69, 9.17) is 16.3 Å². The van der Waals surface area contributed by atoms with Gasteiger partial charge < -0.3 is 4.74 Å². The molecule has 0 atom stereocenters. The SMILES string of the molecule is O=C(COc1ccc(C(=O)c2ccc(Cl)cc2)cc1)c1ccc(C2CCCCC2)cc1. The van der Waals surface area contributed by atoms with Gasteiger partial charge in [0, 0.05) is 21.7 Å². The minimum atomic E-state index is -0.0858. The minimum absolute atomic E-state index is 0.0345. The van der Waals surface area contributed by atoms with Crippen LogP contribution in [0.2, 0.25) is 5.02 Å². The van der Waals surface area contributed by atoms with Gasteiger partial charge in [0.1, 0.15) is 5.75 Å². The van der Waals surface area contributed by atoms with Crippen LogP contribution in [0.1, 0.15) is 69.9 Å². The molecule has 0 spiro atoms. The van der Waals surface area contributed by atoms with Crippen molar-refractivity contribution in [1.82, 2.24) is 0 Å². The molecule has 4 heteroatoms. The molecule has 0 aliphatic heterocycles. The van der Waals surface area contributed by atoms with Crippen molar-refractivity contribution in [2.75, 3.05) is 6.61 Å². The number of Topliss-reactive ketones (excluding diaryl/α,β-unsaturated/α-hetero) is 1. The molecule has 1 fully saturated rings.